The van der Waals surface area contributed by atoms with Crippen LogP contribution in [0.4, 0.5) is 11.4 Å². The first kappa shape index (κ1) is 18.0. The summed E-state index contributed by atoms with van der Waals surface area (Å²) in [6.45, 7) is 4.91. The number of amides is 2. The summed E-state index contributed by atoms with van der Waals surface area (Å²) >= 11 is 0. The van der Waals surface area contributed by atoms with Crippen LogP contribution in [0.25, 0.3) is 0 Å². The van der Waals surface area contributed by atoms with Crippen molar-refractivity contribution in [3.05, 3.63) is 24.3 Å². The number of nitrogens with one attached hydrogen (secondary N) is 1. The first-order chi connectivity index (χ1) is 13.5. The first-order valence-corrected chi connectivity index (χ1v) is 10.9. The third kappa shape index (κ3) is 3.19. The van der Waals surface area contributed by atoms with E-state index >= 15 is 0 Å². The van der Waals surface area contributed by atoms with Crippen molar-refractivity contribution < 1.29 is 9.59 Å². The molecule has 1 aromatic rings. The van der Waals surface area contributed by atoms with Crippen molar-refractivity contribution in [3.63, 3.8) is 0 Å². The van der Waals surface area contributed by atoms with E-state index < -0.39 is 0 Å². The van der Waals surface area contributed by atoms with Gasteiger partial charge in [-0.05, 0) is 80.5 Å². The van der Waals surface area contributed by atoms with Gasteiger partial charge in [0.25, 0.3) is 0 Å². The number of piperazine rings is 1. The van der Waals surface area contributed by atoms with Crippen LogP contribution in [0.2, 0.25) is 0 Å². The van der Waals surface area contributed by atoms with Crippen LogP contribution in [-0.2, 0) is 9.59 Å². The average Bonchev–Trinajstić information content (AvgIpc) is 2.67. The average molecular weight is 382 g/mol. The molecular weight excluding hydrogens is 350 g/mol. The van der Waals surface area contributed by atoms with Gasteiger partial charge in [-0.2, -0.15) is 0 Å². The van der Waals surface area contributed by atoms with Gasteiger partial charge < -0.3 is 15.1 Å². The topological polar surface area (TPSA) is 52.7 Å². The molecule has 6 rings (SSSR count). The second kappa shape index (κ2) is 6.78. The van der Waals surface area contributed by atoms with E-state index in [2.05, 4.69) is 22.3 Å². The minimum Gasteiger partial charge on any atom is -0.368 e. The molecule has 0 atom stereocenters. The van der Waals surface area contributed by atoms with E-state index in [1.807, 2.05) is 17.0 Å². The summed E-state index contributed by atoms with van der Waals surface area (Å²) in [6, 6.07) is 8.26. The van der Waals surface area contributed by atoms with Gasteiger partial charge in [-0.1, -0.05) is 0 Å². The van der Waals surface area contributed by atoms with Gasteiger partial charge in [-0.3, -0.25) is 9.59 Å². The van der Waals surface area contributed by atoms with E-state index in [1.165, 1.54) is 19.3 Å². The van der Waals surface area contributed by atoms with Crippen molar-refractivity contribution in [1.29, 1.82) is 0 Å². The number of hydrogen-bond acceptors (Lipinski definition) is 3. The highest BCUT2D eigenvalue weighted by molar-refractivity contribution is 5.95. The molecule has 4 aliphatic carbocycles. The SMILES string of the molecule is CC(=O)N1CCN(c2ccc(NC(=O)C34CC5CC(CC(C5)C3)C4)cc2)CC1. The van der Waals surface area contributed by atoms with Gasteiger partial charge >= 0.3 is 0 Å². The number of carbonyl (C=O) groups is 2. The summed E-state index contributed by atoms with van der Waals surface area (Å²) in [5.41, 5.74) is 1.97. The van der Waals surface area contributed by atoms with E-state index in [1.54, 1.807) is 6.92 Å². The summed E-state index contributed by atoms with van der Waals surface area (Å²) in [7, 11) is 0. The lowest BCUT2D eigenvalue weighted by atomic mass is 9.49. The number of hydrogen-bond donors (Lipinski definition) is 1. The highest BCUT2D eigenvalue weighted by Crippen LogP contribution is 2.60. The maximum Gasteiger partial charge on any atom is 0.230 e. The second-order valence-corrected chi connectivity index (χ2v) is 9.69. The molecule has 0 unspecified atom stereocenters. The Labute approximate surface area is 167 Å². The Kier molecular flexibility index (Phi) is 4.37. The van der Waals surface area contributed by atoms with Crippen molar-refractivity contribution in [1.82, 2.24) is 4.90 Å². The fraction of sp³-hybridized carbons (Fsp3) is 0.652. The highest BCUT2D eigenvalue weighted by atomic mass is 16.2. The van der Waals surface area contributed by atoms with Crippen LogP contribution in [0, 0.1) is 23.2 Å². The molecule has 1 aliphatic heterocycles. The van der Waals surface area contributed by atoms with Gasteiger partial charge in [0.15, 0.2) is 0 Å². The van der Waals surface area contributed by atoms with E-state index in [0.717, 1.165) is 74.6 Å². The Morgan fingerprint density at radius 2 is 1.43 bits per heavy atom. The van der Waals surface area contributed by atoms with E-state index in [-0.39, 0.29) is 17.2 Å². The molecule has 4 bridgehead atoms. The number of rotatable bonds is 3. The van der Waals surface area contributed by atoms with E-state index in [0.29, 0.717) is 0 Å². The molecule has 1 heterocycles. The number of benzene rings is 1. The zero-order valence-electron chi connectivity index (χ0n) is 16.8. The van der Waals surface area contributed by atoms with Crippen molar-refractivity contribution in [2.24, 2.45) is 23.2 Å². The van der Waals surface area contributed by atoms with Crippen molar-refractivity contribution in [2.75, 3.05) is 36.4 Å². The molecule has 1 aromatic carbocycles. The minimum atomic E-state index is -0.101. The molecule has 4 saturated carbocycles. The monoisotopic (exact) mass is 381 g/mol. The molecule has 0 spiro atoms. The standard InChI is InChI=1S/C23H31N3O2/c1-16(27)25-6-8-26(9-7-25)21-4-2-20(3-5-21)24-22(28)23-13-17-10-18(14-23)12-19(11-17)15-23/h2-5,17-19H,6-15H2,1H3,(H,24,28). The molecule has 28 heavy (non-hydrogen) atoms. The summed E-state index contributed by atoms with van der Waals surface area (Å²) < 4.78 is 0. The minimum absolute atomic E-state index is 0.101. The van der Waals surface area contributed by atoms with Gasteiger partial charge in [0.05, 0.1) is 5.41 Å². The smallest absolute Gasteiger partial charge is 0.230 e. The summed E-state index contributed by atoms with van der Waals surface area (Å²) in [6.07, 6.45) is 7.38. The van der Waals surface area contributed by atoms with Crippen molar-refractivity contribution >= 4 is 23.2 Å². The van der Waals surface area contributed by atoms with Crippen LogP contribution in [0.5, 0.6) is 0 Å². The normalized spacial score (nSPS) is 33.8. The molecule has 0 radical (unpaired) electrons. The van der Waals surface area contributed by atoms with Crippen LogP contribution >= 0.6 is 0 Å². The van der Waals surface area contributed by atoms with Crippen LogP contribution in [0.15, 0.2) is 24.3 Å². The Morgan fingerprint density at radius 3 is 1.93 bits per heavy atom. The Bertz CT molecular complexity index is 729. The quantitative estimate of drug-likeness (QED) is 0.872. The summed E-state index contributed by atoms with van der Waals surface area (Å²) in [5, 5.41) is 3.24. The molecule has 5 aliphatic rings. The lowest BCUT2D eigenvalue weighted by Crippen LogP contribution is -2.51. The van der Waals surface area contributed by atoms with Gasteiger partial charge in [0, 0.05) is 44.5 Å². The van der Waals surface area contributed by atoms with Crippen LogP contribution < -0.4 is 10.2 Å². The third-order valence-electron chi connectivity index (χ3n) is 7.74. The lowest BCUT2D eigenvalue weighted by Gasteiger charge is -2.55. The molecule has 2 amide bonds. The van der Waals surface area contributed by atoms with Gasteiger partial charge in [0.2, 0.25) is 11.8 Å². The number of nitrogens with zero attached hydrogens (tertiary/aromatic N) is 2. The Morgan fingerprint density at radius 1 is 0.893 bits per heavy atom. The molecule has 5 heteroatoms. The van der Waals surface area contributed by atoms with Crippen LogP contribution in [0.1, 0.15) is 45.4 Å². The van der Waals surface area contributed by atoms with Gasteiger partial charge in [-0.15, -0.1) is 0 Å². The summed E-state index contributed by atoms with van der Waals surface area (Å²) in [5.74, 6) is 2.77. The maximum absolute atomic E-state index is 13.2. The fourth-order valence-corrected chi connectivity index (χ4v) is 6.69. The molecule has 0 aromatic heterocycles. The fourth-order valence-electron chi connectivity index (χ4n) is 6.69. The van der Waals surface area contributed by atoms with Crippen molar-refractivity contribution in [3.8, 4) is 0 Å². The molecule has 150 valence electrons. The van der Waals surface area contributed by atoms with E-state index in [9.17, 15) is 9.59 Å². The molecule has 1 saturated heterocycles. The second-order valence-electron chi connectivity index (χ2n) is 9.69. The summed E-state index contributed by atoms with van der Waals surface area (Å²) in [4.78, 5) is 28.9. The van der Waals surface area contributed by atoms with Crippen LogP contribution in [0.3, 0.4) is 0 Å². The molecular formula is C23H31N3O2. The number of carbonyl (C=O) groups excluding carboxylic acids is 2. The number of anilines is 2. The largest absolute Gasteiger partial charge is 0.368 e. The van der Waals surface area contributed by atoms with Crippen LogP contribution in [-0.4, -0.2) is 42.9 Å². The predicted molar refractivity (Wildman–Crippen MR) is 110 cm³/mol. The van der Waals surface area contributed by atoms with Crippen molar-refractivity contribution in [2.45, 2.75) is 45.4 Å². The molecule has 5 fully saturated rings. The van der Waals surface area contributed by atoms with Gasteiger partial charge in [0.1, 0.15) is 0 Å². The zero-order valence-corrected chi connectivity index (χ0v) is 16.8. The van der Waals surface area contributed by atoms with Gasteiger partial charge in [-0.25, -0.2) is 0 Å². The zero-order chi connectivity index (χ0) is 19.3. The van der Waals surface area contributed by atoms with E-state index in [4.69, 9.17) is 0 Å². The first-order valence-electron chi connectivity index (χ1n) is 10.9. The predicted octanol–water partition coefficient (Wildman–Crippen LogP) is 3.51. The third-order valence-corrected chi connectivity index (χ3v) is 7.74. The Balaban J connectivity index is 1.22. The molecule has 1 N–H and O–H groups in total. The molecule has 5 nitrogen and oxygen atoms in total. The maximum atomic E-state index is 13.2. The Hall–Kier alpha value is -2.04. The highest BCUT2D eigenvalue weighted by Gasteiger charge is 2.54. The lowest BCUT2D eigenvalue weighted by molar-refractivity contribution is -0.140.